The number of rotatable bonds is 3. The molecule has 0 bridgehead atoms. The summed E-state index contributed by atoms with van der Waals surface area (Å²) in [5.74, 6) is -1.33. The number of ether oxygens (including phenoxy) is 1. The fourth-order valence-electron chi connectivity index (χ4n) is 3.86. The van der Waals surface area contributed by atoms with Gasteiger partial charge in [-0.2, -0.15) is 0 Å². The zero-order chi connectivity index (χ0) is 23.2. The lowest BCUT2D eigenvalue weighted by molar-refractivity contribution is 0.0293. The third-order valence-corrected chi connectivity index (χ3v) is 5.29. The van der Waals surface area contributed by atoms with Gasteiger partial charge in [-0.3, -0.25) is 24.3 Å². The lowest BCUT2D eigenvalue weighted by Crippen LogP contribution is -2.36. The molecule has 1 saturated heterocycles. The number of likely N-dealkylation sites (tertiary alicyclic amines) is 1. The normalized spacial score (nSPS) is 17.8. The van der Waals surface area contributed by atoms with Gasteiger partial charge in [0.2, 0.25) is 0 Å². The predicted octanol–water partition coefficient (Wildman–Crippen LogP) is 1.72. The van der Waals surface area contributed by atoms with Crippen molar-refractivity contribution in [3.63, 3.8) is 0 Å². The van der Waals surface area contributed by atoms with Crippen LogP contribution in [0.3, 0.4) is 0 Å². The van der Waals surface area contributed by atoms with Gasteiger partial charge in [0.05, 0.1) is 16.8 Å². The average Bonchev–Trinajstić information content (AvgIpc) is 3.26. The van der Waals surface area contributed by atoms with Crippen LogP contribution in [0.4, 0.5) is 16.3 Å². The number of imide groups is 1. The molecular weight excluding hydrogens is 414 g/mol. The van der Waals surface area contributed by atoms with E-state index in [1.807, 2.05) is 20.8 Å². The number of nitrogens with one attached hydrogen (secondary N) is 2. The second-order valence-corrected chi connectivity index (χ2v) is 8.88. The number of hydrogen-bond donors (Lipinski definition) is 3. The molecule has 32 heavy (non-hydrogen) atoms. The lowest BCUT2D eigenvalue weighted by atomic mass is 10.1. The smallest absolute Gasteiger partial charge is 0.410 e. The van der Waals surface area contributed by atoms with Gasteiger partial charge in [-0.25, -0.2) is 4.79 Å². The maximum absolute atomic E-state index is 12.5. The topological polar surface area (TPSA) is 136 Å². The summed E-state index contributed by atoms with van der Waals surface area (Å²) in [6.45, 7) is 6.63. The Bertz CT molecular complexity index is 1160. The average molecular weight is 439 g/mol. The number of benzene rings is 1. The van der Waals surface area contributed by atoms with E-state index < -0.39 is 23.0 Å². The van der Waals surface area contributed by atoms with Crippen LogP contribution in [0.1, 0.15) is 47.9 Å². The van der Waals surface area contributed by atoms with Crippen molar-refractivity contribution in [3.8, 4) is 5.69 Å². The van der Waals surface area contributed by atoms with Crippen LogP contribution in [0, 0.1) is 0 Å². The van der Waals surface area contributed by atoms with E-state index in [0.717, 1.165) is 18.2 Å². The summed E-state index contributed by atoms with van der Waals surface area (Å²) in [7, 11) is 0. The van der Waals surface area contributed by atoms with E-state index in [4.69, 9.17) is 10.5 Å². The molecule has 2 aliphatic heterocycles. The molecule has 2 aromatic rings. The van der Waals surface area contributed by atoms with Crippen molar-refractivity contribution >= 4 is 29.4 Å². The Morgan fingerprint density at radius 3 is 2.50 bits per heavy atom. The summed E-state index contributed by atoms with van der Waals surface area (Å²) in [4.78, 5) is 50.3. The van der Waals surface area contributed by atoms with Crippen LogP contribution in [0.2, 0.25) is 0 Å². The van der Waals surface area contributed by atoms with E-state index in [1.165, 1.54) is 4.57 Å². The van der Waals surface area contributed by atoms with Crippen molar-refractivity contribution in [2.24, 2.45) is 0 Å². The predicted molar refractivity (Wildman–Crippen MR) is 118 cm³/mol. The molecule has 0 radical (unpaired) electrons. The Kier molecular flexibility index (Phi) is 5.15. The van der Waals surface area contributed by atoms with Gasteiger partial charge >= 0.3 is 6.09 Å². The minimum absolute atomic E-state index is 0.00462. The molecule has 1 fully saturated rings. The van der Waals surface area contributed by atoms with E-state index in [9.17, 15) is 19.2 Å². The lowest BCUT2D eigenvalue weighted by Gasteiger charge is -2.24. The summed E-state index contributed by atoms with van der Waals surface area (Å²) < 4.78 is 6.61. The van der Waals surface area contributed by atoms with Gasteiger partial charge in [0.25, 0.3) is 17.4 Å². The number of nitrogen functional groups attached to an aromatic ring is 1. The maximum Gasteiger partial charge on any atom is 0.410 e. The van der Waals surface area contributed by atoms with Crippen LogP contribution < -0.4 is 21.9 Å². The Morgan fingerprint density at radius 2 is 1.84 bits per heavy atom. The Morgan fingerprint density at radius 1 is 1.16 bits per heavy atom. The van der Waals surface area contributed by atoms with E-state index in [2.05, 4.69) is 10.6 Å². The van der Waals surface area contributed by atoms with Crippen LogP contribution in [0.15, 0.2) is 35.1 Å². The second-order valence-electron chi connectivity index (χ2n) is 8.88. The van der Waals surface area contributed by atoms with Gasteiger partial charge in [0.15, 0.2) is 0 Å². The minimum atomic E-state index is -0.627. The summed E-state index contributed by atoms with van der Waals surface area (Å²) in [5, 5.41) is 5.52. The largest absolute Gasteiger partial charge is 0.444 e. The number of nitrogens with two attached hydrogens (primary N) is 1. The Hall–Kier alpha value is -3.82. The van der Waals surface area contributed by atoms with Crippen molar-refractivity contribution < 1.29 is 19.1 Å². The number of anilines is 2. The second kappa shape index (κ2) is 7.70. The van der Waals surface area contributed by atoms with Crippen molar-refractivity contribution in [2.45, 2.75) is 38.8 Å². The fraction of sp³-hybridized carbons (Fsp3) is 0.364. The SMILES string of the molecule is CC(C)(C)OC(=O)N1CCC(Nc2ccc(-n3c(N)c4c(cc3=O)C(=O)NC4=O)cc2)C1. The molecule has 1 unspecified atom stereocenters. The first-order chi connectivity index (χ1) is 15.0. The molecule has 1 aromatic carbocycles. The fourth-order valence-corrected chi connectivity index (χ4v) is 3.86. The molecule has 10 heteroatoms. The first-order valence-electron chi connectivity index (χ1n) is 10.3. The molecule has 1 aromatic heterocycles. The van der Waals surface area contributed by atoms with E-state index in [-0.39, 0.29) is 29.1 Å². The number of aromatic nitrogens is 1. The summed E-state index contributed by atoms with van der Waals surface area (Å²) in [6.07, 6.45) is 0.451. The van der Waals surface area contributed by atoms with Crippen molar-refractivity contribution in [1.82, 2.24) is 14.8 Å². The molecular formula is C22H25N5O5. The first kappa shape index (κ1) is 21.4. The van der Waals surface area contributed by atoms with Gasteiger partial charge in [0.1, 0.15) is 11.4 Å². The van der Waals surface area contributed by atoms with E-state index >= 15 is 0 Å². The van der Waals surface area contributed by atoms with Crippen molar-refractivity contribution in [2.75, 3.05) is 24.1 Å². The first-order valence-corrected chi connectivity index (χ1v) is 10.3. The van der Waals surface area contributed by atoms with Crippen molar-refractivity contribution in [1.29, 1.82) is 0 Å². The number of amides is 3. The zero-order valence-corrected chi connectivity index (χ0v) is 18.1. The molecule has 0 saturated carbocycles. The van der Waals surface area contributed by atoms with Crippen LogP contribution >= 0.6 is 0 Å². The minimum Gasteiger partial charge on any atom is -0.444 e. The molecule has 10 nitrogen and oxygen atoms in total. The number of fused-ring (bicyclic) bond motifs is 1. The molecule has 0 aliphatic carbocycles. The third-order valence-electron chi connectivity index (χ3n) is 5.29. The van der Waals surface area contributed by atoms with Crippen LogP contribution in [0.25, 0.3) is 5.69 Å². The van der Waals surface area contributed by atoms with Crippen LogP contribution in [-0.4, -0.2) is 52.1 Å². The molecule has 4 N–H and O–H groups in total. The highest BCUT2D eigenvalue weighted by atomic mass is 16.6. The third kappa shape index (κ3) is 4.03. The number of carbonyl (C=O) groups excluding carboxylic acids is 3. The van der Waals surface area contributed by atoms with Gasteiger partial charge in [-0.15, -0.1) is 0 Å². The van der Waals surface area contributed by atoms with Crippen LogP contribution in [0.5, 0.6) is 0 Å². The number of pyridine rings is 1. The monoisotopic (exact) mass is 439 g/mol. The van der Waals surface area contributed by atoms with Crippen molar-refractivity contribution in [3.05, 3.63) is 51.8 Å². The highest BCUT2D eigenvalue weighted by Crippen LogP contribution is 2.24. The molecule has 168 valence electrons. The van der Waals surface area contributed by atoms with Gasteiger partial charge in [0, 0.05) is 30.9 Å². The molecule has 0 spiro atoms. The molecule has 4 rings (SSSR count). The number of nitrogens with zero attached hydrogens (tertiary/aromatic N) is 2. The standard InChI is InChI=1S/C22H25N5O5/c1-22(2,3)32-21(31)26-9-8-13(11-26)24-12-4-6-14(7-5-12)27-16(28)10-15-17(18(27)23)20(30)25-19(15)29/h4-7,10,13,24H,8-9,11,23H2,1-3H3,(H,25,29,30). The molecule has 2 aliphatic rings. The van der Waals surface area contributed by atoms with E-state index in [1.54, 1.807) is 29.2 Å². The summed E-state index contributed by atoms with van der Waals surface area (Å²) in [6, 6.07) is 8.15. The van der Waals surface area contributed by atoms with Gasteiger partial charge in [-0.05, 0) is 51.5 Å². The Labute approximate surface area is 184 Å². The van der Waals surface area contributed by atoms with Gasteiger partial charge in [-0.1, -0.05) is 0 Å². The highest BCUT2D eigenvalue weighted by molar-refractivity contribution is 6.23. The van der Waals surface area contributed by atoms with Crippen LogP contribution in [-0.2, 0) is 4.74 Å². The number of hydrogen-bond acceptors (Lipinski definition) is 7. The summed E-state index contributed by atoms with van der Waals surface area (Å²) in [5.41, 5.74) is 6.29. The Balaban J connectivity index is 1.48. The summed E-state index contributed by atoms with van der Waals surface area (Å²) >= 11 is 0. The maximum atomic E-state index is 12.5. The highest BCUT2D eigenvalue weighted by Gasteiger charge is 2.32. The van der Waals surface area contributed by atoms with Gasteiger partial charge < -0.3 is 20.7 Å². The zero-order valence-electron chi connectivity index (χ0n) is 18.1. The number of carbonyl (C=O) groups is 3. The molecule has 3 amide bonds. The molecule has 3 heterocycles. The van der Waals surface area contributed by atoms with E-state index in [0.29, 0.717) is 18.8 Å². The quantitative estimate of drug-likeness (QED) is 0.620. The molecule has 1 atom stereocenters.